The van der Waals surface area contributed by atoms with Gasteiger partial charge in [-0.3, -0.25) is 9.69 Å². The lowest BCUT2D eigenvalue weighted by Gasteiger charge is -2.44. The maximum atomic E-state index is 13.1. The highest BCUT2D eigenvalue weighted by Gasteiger charge is 2.37. The number of halogens is 5. The van der Waals surface area contributed by atoms with Gasteiger partial charge in [0.1, 0.15) is 0 Å². The average molecular weight is 514 g/mol. The molecule has 1 fully saturated rings. The van der Waals surface area contributed by atoms with Crippen molar-refractivity contribution >= 4 is 29.2 Å². The number of likely N-dealkylation sites (tertiary alicyclic amines) is 1. The molecule has 0 aromatic heterocycles. The first-order chi connectivity index (χ1) is 16.0. The molecule has 1 heterocycles. The van der Waals surface area contributed by atoms with Crippen LogP contribution in [-0.4, -0.2) is 22.5 Å². The fourth-order valence-corrected chi connectivity index (χ4v) is 5.27. The lowest BCUT2D eigenvalue weighted by molar-refractivity contribution is -0.139. The van der Waals surface area contributed by atoms with Crippen molar-refractivity contribution in [2.75, 3.05) is 6.54 Å². The molecule has 3 rings (SSSR count). The number of benzene rings is 2. The van der Waals surface area contributed by atoms with Gasteiger partial charge in [0.2, 0.25) is 0 Å². The highest BCUT2D eigenvalue weighted by atomic mass is 35.5. The topological polar surface area (TPSA) is 40.5 Å². The summed E-state index contributed by atoms with van der Waals surface area (Å²) in [5.41, 5.74) is 1.93. The van der Waals surface area contributed by atoms with E-state index in [9.17, 15) is 23.1 Å². The number of aliphatic carboxylic acids is 1. The van der Waals surface area contributed by atoms with Crippen molar-refractivity contribution < 1.29 is 23.1 Å². The third-order valence-electron chi connectivity index (χ3n) is 6.40. The van der Waals surface area contributed by atoms with Crippen molar-refractivity contribution in [2.45, 2.75) is 57.3 Å². The summed E-state index contributed by atoms with van der Waals surface area (Å²) in [7, 11) is 0. The number of nitrogens with zero attached hydrogens (tertiary/aromatic N) is 1. The second-order valence-electron chi connectivity index (χ2n) is 9.04. The van der Waals surface area contributed by atoms with Crippen LogP contribution >= 0.6 is 23.2 Å². The van der Waals surface area contributed by atoms with Gasteiger partial charge in [-0.25, -0.2) is 0 Å². The maximum absolute atomic E-state index is 13.1. The van der Waals surface area contributed by atoms with Crippen LogP contribution in [0.5, 0.6) is 0 Å². The van der Waals surface area contributed by atoms with Crippen LogP contribution in [0.3, 0.4) is 0 Å². The molecule has 0 bridgehead atoms. The second kappa shape index (κ2) is 11.1. The molecule has 0 radical (unpaired) electrons. The highest BCUT2D eigenvalue weighted by molar-refractivity contribution is 6.35. The minimum absolute atomic E-state index is 0.0309. The summed E-state index contributed by atoms with van der Waals surface area (Å²) in [6.07, 6.45) is -1.71. The Morgan fingerprint density at radius 1 is 1.21 bits per heavy atom. The van der Waals surface area contributed by atoms with Crippen LogP contribution in [-0.2, 0) is 11.0 Å². The lowest BCUT2D eigenvalue weighted by Crippen LogP contribution is -2.40. The number of hydrogen-bond donors (Lipinski definition) is 1. The Morgan fingerprint density at radius 2 is 1.88 bits per heavy atom. The lowest BCUT2D eigenvalue weighted by atomic mass is 9.82. The molecule has 8 heteroatoms. The summed E-state index contributed by atoms with van der Waals surface area (Å²) in [4.78, 5) is 13.6. The van der Waals surface area contributed by atoms with Crippen molar-refractivity contribution in [2.24, 2.45) is 5.92 Å². The summed E-state index contributed by atoms with van der Waals surface area (Å²) in [6.45, 7) is 6.56. The molecule has 0 aliphatic carbocycles. The zero-order chi connectivity index (χ0) is 25.0. The number of carboxylic acids is 1. The number of carboxylic acid groups (broad SMARTS) is 1. The van der Waals surface area contributed by atoms with Gasteiger partial charge in [-0.2, -0.15) is 13.2 Å². The van der Waals surface area contributed by atoms with Gasteiger partial charge in [0.25, 0.3) is 0 Å². The third-order valence-corrected chi connectivity index (χ3v) is 6.97. The van der Waals surface area contributed by atoms with E-state index in [1.165, 1.54) is 12.1 Å². The Balaban J connectivity index is 2.01. The highest BCUT2D eigenvalue weighted by Crippen LogP contribution is 2.44. The Kier molecular flexibility index (Phi) is 8.72. The molecule has 184 valence electrons. The Hall–Kier alpha value is -2.02. The molecule has 0 spiro atoms. The Labute approximate surface area is 208 Å². The largest absolute Gasteiger partial charge is 0.481 e. The number of rotatable bonds is 8. The fourth-order valence-electron chi connectivity index (χ4n) is 4.74. The van der Waals surface area contributed by atoms with E-state index in [2.05, 4.69) is 11.5 Å². The summed E-state index contributed by atoms with van der Waals surface area (Å²) < 4.78 is 39.4. The number of allylic oxidation sites excluding steroid dienone is 1. The van der Waals surface area contributed by atoms with Crippen molar-refractivity contribution in [1.29, 1.82) is 0 Å². The van der Waals surface area contributed by atoms with Gasteiger partial charge in [-0.15, -0.1) is 6.58 Å². The van der Waals surface area contributed by atoms with E-state index >= 15 is 0 Å². The molecule has 2 aromatic rings. The van der Waals surface area contributed by atoms with Crippen LogP contribution < -0.4 is 0 Å². The molecule has 0 amide bonds. The van der Waals surface area contributed by atoms with Crippen LogP contribution in [0, 0.1) is 5.92 Å². The van der Waals surface area contributed by atoms with Gasteiger partial charge >= 0.3 is 12.1 Å². The minimum atomic E-state index is -4.42. The Bertz CT molecular complexity index is 1020. The van der Waals surface area contributed by atoms with Crippen LogP contribution in [0.1, 0.15) is 67.8 Å². The predicted molar refractivity (Wildman–Crippen MR) is 129 cm³/mol. The molecule has 1 aliphatic rings. The van der Waals surface area contributed by atoms with Gasteiger partial charge in [0.05, 0.1) is 5.56 Å². The summed E-state index contributed by atoms with van der Waals surface area (Å²) in [5.74, 6) is -0.937. The first-order valence-corrected chi connectivity index (χ1v) is 11.9. The first-order valence-electron chi connectivity index (χ1n) is 11.2. The quantitative estimate of drug-likeness (QED) is 0.360. The molecule has 0 saturated carbocycles. The van der Waals surface area contributed by atoms with Gasteiger partial charge in [-0.1, -0.05) is 47.0 Å². The molecule has 2 aromatic carbocycles. The standard InChI is InChI=1S/C26H28Cl2F3NO2/c1-16(2)3-10-23(21-9-8-20(27)15-22(21)28)32-12-11-17(14-25(33)34)13-24(32)18-4-6-19(7-5-18)26(29,30)31/h4-9,15,17,23-24H,1,3,10-14H2,2H3,(H,33,34). The van der Waals surface area contributed by atoms with Gasteiger partial charge < -0.3 is 5.11 Å². The van der Waals surface area contributed by atoms with E-state index < -0.39 is 17.7 Å². The van der Waals surface area contributed by atoms with Crippen molar-refractivity contribution in [3.8, 4) is 0 Å². The molecule has 3 unspecified atom stereocenters. The molecule has 34 heavy (non-hydrogen) atoms. The maximum Gasteiger partial charge on any atom is 0.416 e. The van der Waals surface area contributed by atoms with Gasteiger partial charge in [0, 0.05) is 28.5 Å². The van der Waals surface area contributed by atoms with Crippen LogP contribution in [0.2, 0.25) is 10.0 Å². The number of piperidine rings is 1. The van der Waals surface area contributed by atoms with Crippen molar-refractivity contribution in [3.63, 3.8) is 0 Å². The van der Waals surface area contributed by atoms with E-state index in [0.29, 0.717) is 29.4 Å². The van der Waals surface area contributed by atoms with E-state index in [1.807, 2.05) is 13.0 Å². The van der Waals surface area contributed by atoms with Crippen LogP contribution in [0.15, 0.2) is 54.6 Å². The molecule has 3 atom stereocenters. The smallest absolute Gasteiger partial charge is 0.416 e. The zero-order valence-corrected chi connectivity index (χ0v) is 20.4. The fraction of sp³-hybridized carbons (Fsp3) is 0.423. The first kappa shape index (κ1) is 26.6. The average Bonchev–Trinajstić information content (AvgIpc) is 2.74. The van der Waals surface area contributed by atoms with Gasteiger partial charge in [-0.05, 0) is 80.5 Å². The molecular weight excluding hydrogens is 486 g/mol. The van der Waals surface area contributed by atoms with E-state index in [-0.39, 0.29) is 24.4 Å². The van der Waals surface area contributed by atoms with E-state index in [0.717, 1.165) is 41.7 Å². The molecule has 1 saturated heterocycles. The monoisotopic (exact) mass is 513 g/mol. The number of hydrogen-bond acceptors (Lipinski definition) is 2. The molecule has 1 aliphatic heterocycles. The molecule has 3 nitrogen and oxygen atoms in total. The van der Waals surface area contributed by atoms with Crippen LogP contribution in [0.4, 0.5) is 13.2 Å². The summed E-state index contributed by atoms with van der Waals surface area (Å²) in [5, 5.41) is 10.4. The Morgan fingerprint density at radius 3 is 2.44 bits per heavy atom. The minimum Gasteiger partial charge on any atom is -0.481 e. The van der Waals surface area contributed by atoms with E-state index in [4.69, 9.17) is 23.2 Å². The third kappa shape index (κ3) is 6.77. The number of alkyl halides is 3. The zero-order valence-electron chi connectivity index (χ0n) is 18.9. The van der Waals surface area contributed by atoms with Crippen molar-refractivity contribution in [1.82, 2.24) is 4.90 Å². The SMILES string of the molecule is C=C(C)CCC(c1ccc(Cl)cc1Cl)N1CCC(CC(=O)O)CC1c1ccc(C(F)(F)F)cc1. The number of carbonyl (C=O) groups is 1. The summed E-state index contributed by atoms with van der Waals surface area (Å²) in [6, 6.07) is 10.2. The van der Waals surface area contributed by atoms with Crippen LogP contribution in [0.25, 0.3) is 0 Å². The molecule has 1 N–H and O–H groups in total. The predicted octanol–water partition coefficient (Wildman–Crippen LogP) is 8.34. The van der Waals surface area contributed by atoms with Gasteiger partial charge in [0.15, 0.2) is 0 Å². The second-order valence-corrected chi connectivity index (χ2v) is 9.88. The van der Waals surface area contributed by atoms with Crippen molar-refractivity contribution in [3.05, 3.63) is 81.4 Å². The van der Waals surface area contributed by atoms with E-state index in [1.54, 1.807) is 12.1 Å². The summed E-state index contributed by atoms with van der Waals surface area (Å²) >= 11 is 12.7. The normalized spacial score (nSPS) is 20.2. The molecular formula is C26H28Cl2F3NO2.